The second-order valence-corrected chi connectivity index (χ2v) is 7.27. The van der Waals surface area contributed by atoms with Gasteiger partial charge in [0.05, 0.1) is 5.52 Å². The zero-order chi connectivity index (χ0) is 18.0. The summed E-state index contributed by atoms with van der Waals surface area (Å²) in [5.74, 6) is -0.124. The number of hydrogen-bond acceptors (Lipinski definition) is 3. The second kappa shape index (κ2) is 7.33. The fraction of sp³-hybridized carbons (Fsp3) is 0.200. The molecule has 1 heterocycles. The van der Waals surface area contributed by atoms with Crippen LogP contribution in [-0.4, -0.2) is 29.9 Å². The number of aryl methyl sites for hydroxylation is 1. The van der Waals surface area contributed by atoms with Crippen molar-refractivity contribution in [2.24, 2.45) is 0 Å². The Bertz CT molecular complexity index is 937. The fourth-order valence-corrected chi connectivity index (χ4v) is 3.07. The van der Waals surface area contributed by atoms with Crippen LogP contribution in [0.15, 0.2) is 53.0 Å². The minimum atomic E-state index is -0.124. The van der Waals surface area contributed by atoms with Crippen molar-refractivity contribution in [1.29, 1.82) is 0 Å². The maximum absolute atomic E-state index is 12.7. The summed E-state index contributed by atoms with van der Waals surface area (Å²) in [5, 5.41) is 3.99. The molecule has 0 aliphatic heterocycles. The summed E-state index contributed by atoms with van der Waals surface area (Å²) < 4.78 is 0.934. The summed E-state index contributed by atoms with van der Waals surface area (Å²) in [6, 6.07) is 15.5. The van der Waals surface area contributed by atoms with Gasteiger partial charge in [-0.1, -0.05) is 28.1 Å². The molecule has 3 rings (SSSR count). The van der Waals surface area contributed by atoms with Gasteiger partial charge in [0.15, 0.2) is 0 Å². The van der Waals surface area contributed by atoms with Crippen LogP contribution in [0.25, 0.3) is 10.9 Å². The maximum Gasteiger partial charge on any atom is 0.255 e. The third kappa shape index (κ3) is 4.24. The van der Waals surface area contributed by atoms with E-state index in [1.807, 2.05) is 69.6 Å². The van der Waals surface area contributed by atoms with Crippen molar-refractivity contribution in [3.8, 4) is 0 Å². The van der Waals surface area contributed by atoms with E-state index in [0.717, 1.165) is 38.9 Å². The van der Waals surface area contributed by atoms with Gasteiger partial charge in [-0.15, -0.1) is 0 Å². The molecule has 0 unspecified atom stereocenters. The van der Waals surface area contributed by atoms with Crippen LogP contribution in [0.2, 0.25) is 0 Å². The molecule has 1 amide bonds. The minimum absolute atomic E-state index is 0.124. The number of anilines is 1. The number of fused-ring (bicyclic) bond motifs is 1. The zero-order valence-electron chi connectivity index (χ0n) is 14.5. The summed E-state index contributed by atoms with van der Waals surface area (Å²) >= 11 is 3.47. The molecule has 128 valence electrons. The number of carbonyl (C=O) groups is 1. The standard InChI is InChI=1S/C20H20BrN3O/c1-13-4-5-14-10-15(7-9-18(14)22-13)20(25)23-19-11-17(21)8-6-16(19)12-24(2)3/h4-11H,12H2,1-3H3,(H,23,25). The second-order valence-electron chi connectivity index (χ2n) is 6.35. The number of pyridine rings is 1. The summed E-state index contributed by atoms with van der Waals surface area (Å²) in [5.41, 5.74) is 4.36. The number of halogens is 1. The molecule has 5 heteroatoms. The number of nitrogens with zero attached hydrogens (tertiary/aromatic N) is 2. The van der Waals surface area contributed by atoms with Gasteiger partial charge in [0.25, 0.3) is 5.91 Å². The Kier molecular flexibility index (Phi) is 5.16. The molecule has 0 saturated carbocycles. The maximum atomic E-state index is 12.7. The van der Waals surface area contributed by atoms with E-state index >= 15 is 0 Å². The Balaban J connectivity index is 1.89. The Morgan fingerprint density at radius 3 is 2.68 bits per heavy atom. The van der Waals surface area contributed by atoms with Gasteiger partial charge in [-0.05, 0) is 63.0 Å². The summed E-state index contributed by atoms with van der Waals surface area (Å²) in [4.78, 5) is 19.3. The van der Waals surface area contributed by atoms with E-state index in [1.54, 1.807) is 0 Å². The number of aromatic nitrogens is 1. The molecule has 1 N–H and O–H groups in total. The summed E-state index contributed by atoms with van der Waals surface area (Å²) in [6.45, 7) is 2.71. The number of rotatable bonds is 4. The first-order chi connectivity index (χ1) is 11.9. The molecule has 0 spiro atoms. The van der Waals surface area contributed by atoms with Gasteiger partial charge in [-0.3, -0.25) is 9.78 Å². The smallest absolute Gasteiger partial charge is 0.255 e. The van der Waals surface area contributed by atoms with Crippen LogP contribution < -0.4 is 5.32 Å². The van der Waals surface area contributed by atoms with Crippen molar-refractivity contribution in [2.45, 2.75) is 13.5 Å². The highest BCUT2D eigenvalue weighted by Gasteiger charge is 2.11. The van der Waals surface area contributed by atoms with Gasteiger partial charge >= 0.3 is 0 Å². The Morgan fingerprint density at radius 1 is 1.12 bits per heavy atom. The highest BCUT2D eigenvalue weighted by molar-refractivity contribution is 9.10. The molecule has 3 aromatic rings. The van der Waals surface area contributed by atoms with Crippen LogP contribution >= 0.6 is 15.9 Å². The van der Waals surface area contributed by atoms with Crippen molar-refractivity contribution in [1.82, 2.24) is 9.88 Å². The van der Waals surface area contributed by atoms with Gasteiger partial charge in [-0.2, -0.15) is 0 Å². The Morgan fingerprint density at radius 2 is 1.92 bits per heavy atom. The van der Waals surface area contributed by atoms with Gasteiger partial charge in [0, 0.05) is 33.3 Å². The van der Waals surface area contributed by atoms with Crippen molar-refractivity contribution >= 4 is 38.4 Å². The largest absolute Gasteiger partial charge is 0.322 e. The van der Waals surface area contributed by atoms with Crippen molar-refractivity contribution in [3.63, 3.8) is 0 Å². The van der Waals surface area contributed by atoms with Crippen molar-refractivity contribution in [2.75, 3.05) is 19.4 Å². The lowest BCUT2D eigenvalue weighted by molar-refractivity contribution is 0.102. The first-order valence-electron chi connectivity index (χ1n) is 8.04. The molecule has 4 nitrogen and oxygen atoms in total. The molecule has 25 heavy (non-hydrogen) atoms. The van der Waals surface area contributed by atoms with Crippen LogP contribution in [0.4, 0.5) is 5.69 Å². The van der Waals surface area contributed by atoms with Gasteiger partial charge in [0.1, 0.15) is 0 Å². The number of nitrogens with one attached hydrogen (secondary N) is 1. The molecule has 0 aliphatic rings. The molecule has 0 radical (unpaired) electrons. The van der Waals surface area contributed by atoms with E-state index in [4.69, 9.17) is 0 Å². The third-order valence-corrected chi connectivity index (χ3v) is 4.39. The topological polar surface area (TPSA) is 45.2 Å². The van der Waals surface area contributed by atoms with Gasteiger partial charge in [0.2, 0.25) is 0 Å². The van der Waals surface area contributed by atoms with E-state index in [0.29, 0.717) is 5.56 Å². The lowest BCUT2D eigenvalue weighted by atomic mass is 10.1. The van der Waals surface area contributed by atoms with Crippen LogP contribution in [0.3, 0.4) is 0 Å². The number of hydrogen-bond donors (Lipinski definition) is 1. The number of benzene rings is 2. The average Bonchev–Trinajstić information content (AvgIpc) is 2.56. The third-order valence-electron chi connectivity index (χ3n) is 3.90. The fourth-order valence-electron chi connectivity index (χ4n) is 2.71. The first-order valence-corrected chi connectivity index (χ1v) is 8.83. The van der Waals surface area contributed by atoms with Crippen LogP contribution in [0.5, 0.6) is 0 Å². The van der Waals surface area contributed by atoms with E-state index in [9.17, 15) is 4.79 Å². The minimum Gasteiger partial charge on any atom is -0.322 e. The average molecular weight is 398 g/mol. The van der Waals surface area contributed by atoms with Crippen LogP contribution in [0.1, 0.15) is 21.6 Å². The normalized spacial score (nSPS) is 11.1. The lowest BCUT2D eigenvalue weighted by Gasteiger charge is -2.15. The molecule has 0 bridgehead atoms. The van der Waals surface area contributed by atoms with Crippen molar-refractivity contribution < 1.29 is 4.79 Å². The van der Waals surface area contributed by atoms with E-state index in [1.165, 1.54) is 0 Å². The molecular weight excluding hydrogens is 378 g/mol. The first kappa shape index (κ1) is 17.6. The quantitative estimate of drug-likeness (QED) is 0.698. The molecular formula is C20H20BrN3O. The monoisotopic (exact) mass is 397 g/mol. The highest BCUT2D eigenvalue weighted by atomic mass is 79.9. The van der Waals surface area contributed by atoms with Crippen LogP contribution in [-0.2, 0) is 6.54 Å². The molecule has 1 aromatic heterocycles. The predicted octanol–water partition coefficient (Wildman–Crippen LogP) is 4.62. The summed E-state index contributed by atoms with van der Waals surface area (Å²) in [6.07, 6.45) is 0. The van der Waals surface area contributed by atoms with E-state index in [-0.39, 0.29) is 5.91 Å². The summed E-state index contributed by atoms with van der Waals surface area (Å²) in [7, 11) is 4.01. The number of amides is 1. The highest BCUT2D eigenvalue weighted by Crippen LogP contribution is 2.24. The molecule has 0 fully saturated rings. The molecule has 0 saturated heterocycles. The Hall–Kier alpha value is -2.24. The van der Waals surface area contributed by atoms with E-state index < -0.39 is 0 Å². The molecule has 2 aromatic carbocycles. The predicted molar refractivity (Wildman–Crippen MR) is 106 cm³/mol. The molecule has 0 aliphatic carbocycles. The number of carbonyl (C=O) groups excluding carboxylic acids is 1. The van der Waals surface area contributed by atoms with Crippen LogP contribution in [0, 0.1) is 6.92 Å². The van der Waals surface area contributed by atoms with Gasteiger partial charge in [-0.25, -0.2) is 0 Å². The van der Waals surface area contributed by atoms with E-state index in [2.05, 4.69) is 31.1 Å². The zero-order valence-corrected chi connectivity index (χ0v) is 16.1. The molecule has 0 atom stereocenters. The lowest BCUT2D eigenvalue weighted by Crippen LogP contribution is -2.16. The Labute approximate surface area is 156 Å². The SMILES string of the molecule is Cc1ccc2cc(C(=O)Nc3cc(Br)ccc3CN(C)C)ccc2n1. The van der Waals surface area contributed by atoms with Crippen molar-refractivity contribution in [3.05, 3.63) is 69.8 Å². The van der Waals surface area contributed by atoms with Gasteiger partial charge < -0.3 is 10.2 Å².